The van der Waals surface area contributed by atoms with Crippen LogP contribution in [0.15, 0.2) is 9.98 Å². The first kappa shape index (κ1) is 9.42. The van der Waals surface area contributed by atoms with E-state index < -0.39 is 5.79 Å². The van der Waals surface area contributed by atoms with Crippen LogP contribution in [0.1, 0.15) is 12.8 Å². The number of nitrogens with zero attached hydrogens (tertiary/aromatic N) is 2. The highest BCUT2D eigenvalue weighted by molar-refractivity contribution is 5.88. The molecule has 0 radical (unpaired) electrons. The molecule has 5 N–H and O–H groups in total. The van der Waals surface area contributed by atoms with E-state index in [-0.39, 0.29) is 11.9 Å². The lowest BCUT2D eigenvalue weighted by molar-refractivity contribution is 0.0363. The zero-order chi connectivity index (χ0) is 10.0. The fourth-order valence-electron chi connectivity index (χ4n) is 1.80. The topological polar surface area (TPSA) is 98.0 Å². The van der Waals surface area contributed by atoms with Crippen molar-refractivity contribution < 1.29 is 4.74 Å². The minimum Gasteiger partial charge on any atom is -0.381 e. The van der Waals surface area contributed by atoms with Gasteiger partial charge in [0.05, 0.1) is 6.34 Å². The van der Waals surface area contributed by atoms with E-state index in [0.29, 0.717) is 0 Å². The second kappa shape index (κ2) is 3.55. The van der Waals surface area contributed by atoms with Gasteiger partial charge in [0.1, 0.15) is 0 Å². The van der Waals surface area contributed by atoms with Gasteiger partial charge in [-0.15, -0.1) is 0 Å². The van der Waals surface area contributed by atoms with Crippen LogP contribution in [0.3, 0.4) is 0 Å². The summed E-state index contributed by atoms with van der Waals surface area (Å²) in [4.78, 5) is 7.95. The highest BCUT2D eigenvalue weighted by atomic mass is 16.5. The molecule has 0 aromatic carbocycles. The number of ether oxygens (including phenoxy) is 1. The molecule has 0 aliphatic carbocycles. The lowest BCUT2D eigenvalue weighted by atomic mass is 9.92. The first-order valence-corrected chi connectivity index (χ1v) is 4.73. The van der Waals surface area contributed by atoms with Crippen LogP contribution in [-0.4, -0.2) is 31.3 Å². The van der Waals surface area contributed by atoms with E-state index in [9.17, 15) is 0 Å². The van der Waals surface area contributed by atoms with Crippen LogP contribution >= 0.6 is 0 Å². The maximum Gasteiger partial charge on any atom is 0.220 e. The summed E-state index contributed by atoms with van der Waals surface area (Å²) >= 11 is 0. The van der Waals surface area contributed by atoms with Gasteiger partial charge in [0.15, 0.2) is 5.79 Å². The number of nitrogens with one attached hydrogen (secondary N) is 1. The van der Waals surface area contributed by atoms with Gasteiger partial charge in [-0.3, -0.25) is 5.73 Å². The van der Waals surface area contributed by atoms with Crippen LogP contribution in [0.5, 0.6) is 0 Å². The Kier molecular flexibility index (Phi) is 2.39. The molecule has 1 unspecified atom stereocenters. The third-order valence-electron chi connectivity index (χ3n) is 2.64. The Bertz CT molecular complexity index is 271. The van der Waals surface area contributed by atoms with Crippen molar-refractivity contribution in [2.75, 3.05) is 13.2 Å². The second-order valence-electron chi connectivity index (χ2n) is 3.58. The quantitative estimate of drug-likeness (QED) is 0.500. The molecule has 2 aliphatic rings. The zero-order valence-corrected chi connectivity index (χ0v) is 7.94. The lowest BCUT2D eigenvalue weighted by Gasteiger charge is -2.37. The molecule has 0 aromatic heterocycles. The summed E-state index contributed by atoms with van der Waals surface area (Å²) in [5.74, 6) is -0.311. The van der Waals surface area contributed by atoms with Gasteiger partial charge in [0.2, 0.25) is 5.96 Å². The van der Waals surface area contributed by atoms with E-state index in [1.807, 2.05) is 0 Å². The third-order valence-corrected chi connectivity index (χ3v) is 2.64. The Labute approximate surface area is 82.4 Å². The summed E-state index contributed by atoms with van der Waals surface area (Å²) < 4.78 is 5.27. The van der Waals surface area contributed by atoms with Gasteiger partial charge in [-0.25, -0.2) is 9.98 Å². The van der Waals surface area contributed by atoms with Crippen LogP contribution in [0.2, 0.25) is 0 Å². The molecule has 78 valence electrons. The van der Waals surface area contributed by atoms with Crippen molar-refractivity contribution in [3.63, 3.8) is 0 Å². The molecule has 6 nitrogen and oxygen atoms in total. The monoisotopic (exact) mass is 197 g/mol. The molecule has 0 saturated carbocycles. The molecule has 1 fully saturated rings. The van der Waals surface area contributed by atoms with Crippen molar-refractivity contribution in [1.29, 1.82) is 0 Å². The van der Waals surface area contributed by atoms with E-state index in [4.69, 9.17) is 16.2 Å². The summed E-state index contributed by atoms with van der Waals surface area (Å²) in [7, 11) is 0. The number of hydrogen-bond acceptors (Lipinski definition) is 6. The third kappa shape index (κ3) is 1.71. The number of hydrogen-bond donors (Lipinski definition) is 3. The van der Waals surface area contributed by atoms with E-state index >= 15 is 0 Å². The molecule has 2 aliphatic heterocycles. The molecule has 0 amide bonds. The van der Waals surface area contributed by atoms with Crippen LogP contribution in [0.25, 0.3) is 0 Å². The van der Waals surface area contributed by atoms with Gasteiger partial charge in [0, 0.05) is 19.1 Å². The highest BCUT2D eigenvalue weighted by Crippen LogP contribution is 2.25. The Morgan fingerprint density at radius 3 is 2.86 bits per heavy atom. The van der Waals surface area contributed by atoms with Crippen LogP contribution in [0.4, 0.5) is 0 Å². The maximum atomic E-state index is 6.10. The van der Waals surface area contributed by atoms with E-state index in [2.05, 4.69) is 15.3 Å². The zero-order valence-electron chi connectivity index (χ0n) is 7.94. The van der Waals surface area contributed by atoms with Gasteiger partial charge < -0.3 is 15.8 Å². The van der Waals surface area contributed by atoms with Crippen molar-refractivity contribution in [3.05, 3.63) is 0 Å². The van der Waals surface area contributed by atoms with Crippen molar-refractivity contribution in [2.24, 2.45) is 27.4 Å². The second-order valence-corrected chi connectivity index (χ2v) is 3.58. The largest absolute Gasteiger partial charge is 0.381 e. The summed E-state index contributed by atoms with van der Waals surface area (Å²) in [5, 5.41) is 2.96. The molecule has 14 heavy (non-hydrogen) atoms. The summed E-state index contributed by atoms with van der Waals surface area (Å²) in [6, 6.07) is 0. The van der Waals surface area contributed by atoms with E-state index in [1.165, 1.54) is 6.34 Å². The Hall–Kier alpha value is -1.14. The molecular weight excluding hydrogens is 182 g/mol. The summed E-state index contributed by atoms with van der Waals surface area (Å²) in [5.41, 5.74) is 11.6. The smallest absolute Gasteiger partial charge is 0.220 e. The average Bonchev–Trinajstić information content (AvgIpc) is 2.19. The molecule has 1 atom stereocenters. The normalized spacial score (nSPS) is 33.6. The van der Waals surface area contributed by atoms with Gasteiger partial charge >= 0.3 is 0 Å². The predicted molar refractivity (Wildman–Crippen MR) is 53.7 cm³/mol. The van der Waals surface area contributed by atoms with Crippen molar-refractivity contribution in [1.82, 2.24) is 5.32 Å². The number of aliphatic imine (C=N–C) groups is 2. The maximum absolute atomic E-state index is 6.10. The van der Waals surface area contributed by atoms with Gasteiger partial charge in [-0.05, 0) is 12.8 Å². The minimum absolute atomic E-state index is 0.234. The average molecular weight is 197 g/mol. The lowest BCUT2D eigenvalue weighted by Crippen LogP contribution is -2.60. The Morgan fingerprint density at radius 1 is 1.50 bits per heavy atom. The number of rotatable bonds is 1. The Morgan fingerprint density at radius 2 is 2.21 bits per heavy atom. The van der Waals surface area contributed by atoms with Crippen LogP contribution in [0, 0.1) is 5.92 Å². The van der Waals surface area contributed by atoms with Crippen LogP contribution < -0.4 is 16.8 Å². The van der Waals surface area contributed by atoms with Crippen LogP contribution in [-0.2, 0) is 4.74 Å². The molecule has 6 heteroatoms. The molecule has 0 spiro atoms. The van der Waals surface area contributed by atoms with Gasteiger partial charge in [-0.2, -0.15) is 0 Å². The predicted octanol–water partition coefficient (Wildman–Crippen LogP) is -1.03. The van der Waals surface area contributed by atoms with E-state index in [0.717, 1.165) is 26.1 Å². The minimum atomic E-state index is -0.796. The fraction of sp³-hybridized carbons (Fsp3) is 0.750. The van der Waals surface area contributed by atoms with Gasteiger partial charge in [-0.1, -0.05) is 0 Å². The molecule has 0 aromatic rings. The van der Waals surface area contributed by atoms with Crippen molar-refractivity contribution >= 4 is 12.3 Å². The number of nitrogens with two attached hydrogens (primary N) is 2. The first-order chi connectivity index (χ1) is 6.71. The Balaban J connectivity index is 2.11. The van der Waals surface area contributed by atoms with Gasteiger partial charge in [0.25, 0.3) is 0 Å². The summed E-state index contributed by atoms with van der Waals surface area (Å²) in [6.45, 7) is 1.47. The summed E-state index contributed by atoms with van der Waals surface area (Å²) in [6.07, 6.45) is 3.31. The molecule has 2 heterocycles. The molecule has 2 rings (SSSR count). The fourth-order valence-corrected chi connectivity index (χ4v) is 1.80. The molecule has 0 bridgehead atoms. The molecular formula is C8H15N5O. The highest BCUT2D eigenvalue weighted by Gasteiger charge is 2.36. The standard InChI is InChI=1S/C8H15N5O/c9-7-11-5-12-8(10,13-7)6-1-3-14-4-2-6/h5-6H,1-4,10H2,(H3,9,11,12,13). The number of guanidine groups is 1. The van der Waals surface area contributed by atoms with Crippen molar-refractivity contribution in [3.8, 4) is 0 Å². The SMILES string of the molecule is NC1=NC(N)(C2CCOCC2)NC=N1. The first-order valence-electron chi connectivity index (χ1n) is 4.73. The molecule has 1 saturated heterocycles. The van der Waals surface area contributed by atoms with E-state index in [1.54, 1.807) is 0 Å². The van der Waals surface area contributed by atoms with Crippen molar-refractivity contribution in [2.45, 2.75) is 18.6 Å².